The van der Waals surface area contributed by atoms with E-state index < -0.39 is 12.0 Å². The Morgan fingerprint density at radius 2 is 1.88 bits per heavy atom. The number of aryl methyl sites for hydroxylation is 1. The topological polar surface area (TPSA) is 95.9 Å². The van der Waals surface area contributed by atoms with Crippen molar-refractivity contribution in [2.75, 3.05) is 19.8 Å². The zero-order chi connectivity index (χ0) is 24.2. The Bertz CT molecular complexity index is 1210. The molecule has 0 radical (unpaired) electrons. The summed E-state index contributed by atoms with van der Waals surface area (Å²) in [5, 5.41) is 4.63. The van der Waals surface area contributed by atoms with Gasteiger partial charge in [-0.3, -0.25) is 14.4 Å². The zero-order valence-corrected chi connectivity index (χ0v) is 20.1. The molecule has 3 heterocycles. The lowest BCUT2D eigenvalue weighted by Gasteiger charge is -2.20. The van der Waals surface area contributed by atoms with Crippen LogP contribution in [-0.4, -0.2) is 42.0 Å². The van der Waals surface area contributed by atoms with Gasteiger partial charge in [-0.15, -0.1) is 11.3 Å². The second-order valence-electron chi connectivity index (χ2n) is 8.00. The first-order valence-electron chi connectivity index (χ1n) is 10.9. The third-order valence-corrected chi connectivity index (χ3v) is 6.50. The van der Waals surface area contributed by atoms with Gasteiger partial charge in [-0.05, 0) is 43.5 Å². The highest BCUT2D eigenvalue weighted by molar-refractivity contribution is 7.10. The molecular weight excluding hydrogens is 456 g/mol. The number of benzene rings is 1. The number of aromatic nitrogens is 1. The molecule has 1 N–H and O–H groups in total. The Morgan fingerprint density at radius 3 is 2.59 bits per heavy atom. The highest BCUT2D eigenvalue weighted by Crippen LogP contribution is 2.33. The molecule has 1 aromatic carbocycles. The summed E-state index contributed by atoms with van der Waals surface area (Å²) in [4.78, 5) is 37.7. The second-order valence-corrected chi connectivity index (χ2v) is 8.98. The van der Waals surface area contributed by atoms with E-state index in [9.17, 15) is 14.4 Å². The van der Waals surface area contributed by atoms with Gasteiger partial charge in [0.25, 0.3) is 0 Å². The lowest BCUT2D eigenvalue weighted by molar-refractivity contribution is -0.143. The third kappa shape index (κ3) is 5.14. The molecule has 2 aromatic heterocycles. The number of nitrogens with zero attached hydrogens (tertiary/aromatic N) is 1. The Balaban J connectivity index is 1.44. The van der Waals surface area contributed by atoms with Gasteiger partial charge in [-0.1, -0.05) is 6.07 Å². The van der Waals surface area contributed by atoms with Crippen molar-refractivity contribution in [3.63, 3.8) is 0 Å². The summed E-state index contributed by atoms with van der Waals surface area (Å²) in [7, 11) is 0. The number of thiophene rings is 1. The number of ketones is 1. The number of ether oxygens (including phenoxy) is 3. The summed E-state index contributed by atoms with van der Waals surface area (Å²) in [6, 6.07) is 10.6. The zero-order valence-electron chi connectivity index (χ0n) is 19.3. The Labute approximate surface area is 201 Å². The number of Topliss-reactive ketones (excluding diaryl/α,β-unsaturated/α-hetero) is 1. The van der Waals surface area contributed by atoms with Crippen LogP contribution in [0.3, 0.4) is 0 Å². The molecule has 4 rings (SSSR count). The fourth-order valence-corrected chi connectivity index (χ4v) is 4.80. The van der Waals surface area contributed by atoms with Crippen LogP contribution >= 0.6 is 11.3 Å². The average Bonchev–Trinajstić information content (AvgIpc) is 3.44. The first kappa shape index (κ1) is 23.6. The molecule has 3 aromatic rings. The minimum Gasteiger partial charge on any atom is -0.486 e. The Kier molecular flexibility index (Phi) is 7.02. The number of carbonyl (C=O) groups excluding carboxylic acids is 3. The number of esters is 1. The molecule has 8 nitrogen and oxygen atoms in total. The van der Waals surface area contributed by atoms with E-state index in [0.717, 1.165) is 22.0 Å². The van der Waals surface area contributed by atoms with Crippen LogP contribution in [0, 0.1) is 13.8 Å². The predicted octanol–water partition coefficient (Wildman–Crippen LogP) is 3.92. The molecule has 1 amide bonds. The molecule has 0 fully saturated rings. The van der Waals surface area contributed by atoms with Gasteiger partial charge >= 0.3 is 5.97 Å². The SMILES string of the molecule is CC(=O)NC(CC(=O)OCC(=O)c1cc(C)n(-c2ccc3c(c2)OCCO3)c1C)c1cccs1. The molecule has 9 heteroatoms. The van der Waals surface area contributed by atoms with Gasteiger partial charge in [0.1, 0.15) is 13.2 Å². The van der Waals surface area contributed by atoms with Crippen molar-refractivity contribution < 1.29 is 28.6 Å². The number of nitrogens with one attached hydrogen (secondary N) is 1. The van der Waals surface area contributed by atoms with Gasteiger partial charge in [-0.2, -0.15) is 0 Å². The summed E-state index contributed by atoms with van der Waals surface area (Å²) < 4.78 is 18.5. The van der Waals surface area contributed by atoms with Crippen LogP contribution in [0.1, 0.15) is 46.0 Å². The molecule has 0 spiro atoms. The highest BCUT2D eigenvalue weighted by Gasteiger charge is 2.22. The highest BCUT2D eigenvalue weighted by atomic mass is 32.1. The monoisotopic (exact) mass is 482 g/mol. The van der Waals surface area contributed by atoms with Crippen LogP contribution in [-0.2, 0) is 14.3 Å². The molecule has 0 saturated carbocycles. The number of rotatable bonds is 8. The molecule has 1 aliphatic rings. The van der Waals surface area contributed by atoms with Gasteiger partial charge in [0.2, 0.25) is 11.7 Å². The van der Waals surface area contributed by atoms with E-state index >= 15 is 0 Å². The van der Waals surface area contributed by atoms with Crippen molar-refractivity contribution >= 4 is 29.0 Å². The van der Waals surface area contributed by atoms with Crippen LogP contribution < -0.4 is 14.8 Å². The van der Waals surface area contributed by atoms with E-state index in [1.165, 1.54) is 18.3 Å². The number of fused-ring (bicyclic) bond motifs is 1. The number of hydrogen-bond acceptors (Lipinski definition) is 7. The fourth-order valence-electron chi connectivity index (χ4n) is 4.02. The van der Waals surface area contributed by atoms with Crippen molar-refractivity contribution in [1.82, 2.24) is 9.88 Å². The Hall–Kier alpha value is -3.59. The van der Waals surface area contributed by atoms with Crippen molar-refractivity contribution in [3.8, 4) is 17.2 Å². The summed E-state index contributed by atoms with van der Waals surface area (Å²) in [6.45, 7) is 5.79. The van der Waals surface area contributed by atoms with Gasteiger partial charge in [0.15, 0.2) is 18.1 Å². The molecule has 0 aliphatic carbocycles. The fraction of sp³-hybridized carbons (Fsp3) is 0.320. The lowest BCUT2D eigenvalue weighted by atomic mass is 10.1. The summed E-state index contributed by atoms with van der Waals surface area (Å²) in [5.41, 5.74) is 2.94. The molecule has 178 valence electrons. The molecule has 0 saturated heterocycles. The van der Waals surface area contributed by atoms with E-state index in [4.69, 9.17) is 14.2 Å². The largest absolute Gasteiger partial charge is 0.486 e. The lowest BCUT2D eigenvalue weighted by Crippen LogP contribution is -2.28. The normalized spacial score (nSPS) is 13.3. The van der Waals surface area contributed by atoms with Gasteiger partial charge < -0.3 is 24.1 Å². The molecule has 1 atom stereocenters. The average molecular weight is 483 g/mol. The molecule has 1 unspecified atom stereocenters. The van der Waals surface area contributed by atoms with E-state index in [2.05, 4.69) is 5.32 Å². The maximum absolute atomic E-state index is 12.9. The number of carbonyl (C=O) groups is 3. The van der Waals surface area contributed by atoms with E-state index in [-0.39, 0.29) is 24.7 Å². The van der Waals surface area contributed by atoms with Crippen molar-refractivity contribution in [1.29, 1.82) is 0 Å². The van der Waals surface area contributed by atoms with E-state index in [0.29, 0.717) is 30.3 Å². The van der Waals surface area contributed by atoms with Crippen LogP contribution in [0.4, 0.5) is 0 Å². The van der Waals surface area contributed by atoms with Crippen LogP contribution in [0.5, 0.6) is 11.5 Å². The number of hydrogen-bond donors (Lipinski definition) is 1. The van der Waals surface area contributed by atoms with Crippen LogP contribution in [0.15, 0.2) is 41.8 Å². The Morgan fingerprint density at radius 1 is 1.12 bits per heavy atom. The summed E-state index contributed by atoms with van der Waals surface area (Å²) >= 11 is 1.44. The summed E-state index contributed by atoms with van der Waals surface area (Å²) in [6.07, 6.45) is -0.0520. The van der Waals surface area contributed by atoms with Crippen molar-refractivity contribution in [2.45, 2.75) is 33.2 Å². The quantitative estimate of drug-likeness (QED) is 0.386. The first-order chi connectivity index (χ1) is 16.3. The minimum atomic E-state index is -0.554. The third-order valence-electron chi connectivity index (χ3n) is 5.51. The van der Waals surface area contributed by atoms with Crippen LogP contribution in [0.25, 0.3) is 5.69 Å². The number of amides is 1. The van der Waals surface area contributed by atoms with Crippen molar-refractivity contribution in [3.05, 3.63) is 63.6 Å². The summed E-state index contributed by atoms with van der Waals surface area (Å²) in [5.74, 6) is 0.269. The minimum absolute atomic E-state index is 0.0520. The van der Waals surface area contributed by atoms with Crippen molar-refractivity contribution in [2.24, 2.45) is 0 Å². The predicted molar refractivity (Wildman–Crippen MR) is 127 cm³/mol. The van der Waals surface area contributed by atoms with Gasteiger partial charge in [0.05, 0.1) is 12.5 Å². The maximum atomic E-state index is 12.9. The van der Waals surface area contributed by atoms with Gasteiger partial charge in [-0.25, -0.2) is 0 Å². The molecule has 34 heavy (non-hydrogen) atoms. The second kappa shape index (κ2) is 10.1. The maximum Gasteiger partial charge on any atom is 0.308 e. The smallest absolute Gasteiger partial charge is 0.308 e. The molecule has 1 aliphatic heterocycles. The molecule has 0 bridgehead atoms. The first-order valence-corrected chi connectivity index (χ1v) is 11.8. The van der Waals surface area contributed by atoms with Crippen LogP contribution in [0.2, 0.25) is 0 Å². The van der Waals surface area contributed by atoms with E-state index in [1.807, 2.05) is 54.1 Å². The van der Waals surface area contributed by atoms with Gasteiger partial charge in [0, 0.05) is 40.5 Å². The molecular formula is C25H26N2O6S. The van der Waals surface area contributed by atoms with E-state index in [1.54, 1.807) is 6.07 Å². The standard InChI is InChI=1S/C25H26N2O6S/c1-15-11-19(16(2)27(15)18-6-7-22-23(12-18)32-9-8-31-22)21(29)14-33-25(30)13-20(26-17(3)28)24-5-4-10-34-24/h4-7,10-12,20H,8-9,13-14H2,1-3H3,(H,26,28).